The lowest BCUT2D eigenvalue weighted by Gasteiger charge is -1.95. The van der Waals surface area contributed by atoms with Gasteiger partial charge in [0.1, 0.15) is 6.20 Å². The van der Waals surface area contributed by atoms with Crippen LogP contribution in [0.2, 0.25) is 5.02 Å². The van der Waals surface area contributed by atoms with Crippen molar-refractivity contribution in [3.63, 3.8) is 0 Å². The summed E-state index contributed by atoms with van der Waals surface area (Å²) in [6.07, 6.45) is 5.15. The molecular weight excluding hydrogens is 148 g/mol. The van der Waals surface area contributed by atoms with E-state index in [4.69, 9.17) is 17.3 Å². The van der Waals surface area contributed by atoms with E-state index in [1.165, 1.54) is 0 Å². The van der Waals surface area contributed by atoms with E-state index in [2.05, 4.69) is 11.2 Å². The first-order chi connectivity index (χ1) is 4.83. The van der Waals surface area contributed by atoms with Crippen LogP contribution in [0.5, 0.6) is 0 Å². The molecule has 0 spiro atoms. The first-order valence-electron chi connectivity index (χ1n) is 3.05. The van der Waals surface area contributed by atoms with Gasteiger partial charge >= 0.3 is 0 Å². The Morgan fingerprint density at radius 2 is 2.50 bits per heavy atom. The van der Waals surface area contributed by atoms with Gasteiger partial charge in [-0.15, -0.1) is 0 Å². The summed E-state index contributed by atoms with van der Waals surface area (Å²) in [4.78, 5) is 3.79. The normalized spacial score (nSPS) is 9.80. The van der Waals surface area contributed by atoms with E-state index < -0.39 is 0 Å². The van der Waals surface area contributed by atoms with E-state index in [-0.39, 0.29) is 0 Å². The molecule has 0 saturated carbocycles. The largest absolute Gasteiger partial charge is 0.330 e. The van der Waals surface area contributed by atoms with Gasteiger partial charge in [-0.25, -0.2) is 0 Å². The fourth-order valence-corrected chi connectivity index (χ4v) is 0.901. The summed E-state index contributed by atoms with van der Waals surface area (Å²) in [5.41, 5.74) is 6.39. The van der Waals surface area contributed by atoms with E-state index in [0.717, 1.165) is 12.0 Å². The molecule has 2 nitrogen and oxygen atoms in total. The molecule has 0 aliphatic rings. The van der Waals surface area contributed by atoms with E-state index in [1.807, 2.05) is 6.07 Å². The Morgan fingerprint density at radius 3 is 3.10 bits per heavy atom. The molecule has 1 rings (SSSR count). The van der Waals surface area contributed by atoms with Crippen LogP contribution in [0.3, 0.4) is 0 Å². The van der Waals surface area contributed by atoms with Crippen molar-refractivity contribution in [3.8, 4) is 0 Å². The van der Waals surface area contributed by atoms with Crippen LogP contribution in [0.1, 0.15) is 5.56 Å². The zero-order valence-electron chi connectivity index (χ0n) is 5.47. The highest BCUT2D eigenvalue weighted by atomic mass is 35.5. The third-order valence-corrected chi connectivity index (χ3v) is 1.34. The smallest absolute Gasteiger partial charge is 0.109 e. The van der Waals surface area contributed by atoms with Crippen molar-refractivity contribution < 1.29 is 0 Å². The molecule has 1 heterocycles. The van der Waals surface area contributed by atoms with Crippen LogP contribution in [0.25, 0.3) is 0 Å². The van der Waals surface area contributed by atoms with Gasteiger partial charge in [-0.05, 0) is 24.6 Å². The number of halogens is 1. The van der Waals surface area contributed by atoms with Gasteiger partial charge in [0, 0.05) is 6.20 Å². The highest BCUT2D eigenvalue weighted by Crippen LogP contribution is 2.07. The molecule has 0 aliphatic carbocycles. The Morgan fingerprint density at radius 1 is 1.70 bits per heavy atom. The average Bonchev–Trinajstić information content (AvgIpc) is 1.88. The Balaban J connectivity index is 2.75. The van der Waals surface area contributed by atoms with Gasteiger partial charge in [-0.3, -0.25) is 4.98 Å². The number of rotatable bonds is 2. The van der Waals surface area contributed by atoms with Gasteiger partial charge in [-0.2, -0.15) is 0 Å². The van der Waals surface area contributed by atoms with Gasteiger partial charge < -0.3 is 5.73 Å². The Labute approximate surface area is 65.0 Å². The van der Waals surface area contributed by atoms with Gasteiger partial charge in [-0.1, -0.05) is 11.6 Å². The molecule has 1 aromatic rings. The number of hydrogen-bond donors (Lipinski definition) is 1. The second-order valence-corrected chi connectivity index (χ2v) is 2.38. The van der Waals surface area contributed by atoms with Crippen molar-refractivity contribution in [2.45, 2.75) is 6.42 Å². The summed E-state index contributed by atoms with van der Waals surface area (Å²) >= 11 is 5.62. The SMILES string of the molecule is NCCc1cn[c]c(Cl)c1. The molecule has 1 radical (unpaired) electrons. The zero-order chi connectivity index (χ0) is 7.40. The standard InChI is InChI=1S/C7H8ClN2/c8-7-3-6(1-2-9)4-10-5-7/h3-4H,1-2,9H2. The van der Waals surface area contributed by atoms with Crippen LogP contribution in [0.4, 0.5) is 0 Å². The summed E-state index contributed by atoms with van der Waals surface area (Å²) in [5.74, 6) is 0. The van der Waals surface area contributed by atoms with Crippen molar-refractivity contribution in [2.24, 2.45) is 5.73 Å². The monoisotopic (exact) mass is 155 g/mol. The Kier molecular flexibility index (Phi) is 2.66. The van der Waals surface area contributed by atoms with Gasteiger partial charge in [0.05, 0.1) is 5.02 Å². The maximum Gasteiger partial charge on any atom is 0.109 e. The van der Waals surface area contributed by atoms with Crippen molar-refractivity contribution >= 4 is 11.6 Å². The lowest BCUT2D eigenvalue weighted by molar-refractivity contribution is 0.958. The first-order valence-corrected chi connectivity index (χ1v) is 3.43. The molecule has 0 unspecified atom stereocenters. The second-order valence-electron chi connectivity index (χ2n) is 1.98. The highest BCUT2D eigenvalue weighted by molar-refractivity contribution is 6.30. The van der Waals surface area contributed by atoms with Gasteiger partial charge in [0.25, 0.3) is 0 Å². The summed E-state index contributed by atoms with van der Waals surface area (Å²) in [6.45, 7) is 0.627. The fourth-order valence-electron chi connectivity index (χ4n) is 0.713. The number of hydrogen-bond acceptors (Lipinski definition) is 2. The second kappa shape index (κ2) is 3.54. The average molecular weight is 156 g/mol. The molecule has 0 fully saturated rings. The molecule has 1 aromatic heterocycles. The molecule has 0 saturated heterocycles. The number of aromatic nitrogens is 1. The molecule has 0 aromatic carbocycles. The minimum absolute atomic E-state index is 0.547. The summed E-state index contributed by atoms with van der Waals surface area (Å²) < 4.78 is 0. The predicted octanol–water partition coefficient (Wildman–Crippen LogP) is 1.04. The quantitative estimate of drug-likeness (QED) is 0.693. The summed E-state index contributed by atoms with van der Waals surface area (Å²) in [5, 5.41) is 0.547. The van der Waals surface area contributed by atoms with Crippen LogP contribution < -0.4 is 5.73 Å². The minimum atomic E-state index is 0.547. The molecule has 0 atom stereocenters. The maximum absolute atomic E-state index is 5.62. The number of pyridine rings is 1. The third-order valence-electron chi connectivity index (χ3n) is 1.15. The lowest BCUT2D eigenvalue weighted by Crippen LogP contribution is -2.02. The van der Waals surface area contributed by atoms with Crippen molar-refractivity contribution in [1.82, 2.24) is 4.98 Å². The molecule has 0 aliphatic heterocycles. The van der Waals surface area contributed by atoms with Crippen LogP contribution in [-0.4, -0.2) is 11.5 Å². The molecular formula is C7H8ClN2. The van der Waals surface area contributed by atoms with Crippen molar-refractivity contribution in [2.75, 3.05) is 6.54 Å². The molecule has 10 heavy (non-hydrogen) atoms. The molecule has 2 N–H and O–H groups in total. The van der Waals surface area contributed by atoms with E-state index in [0.29, 0.717) is 11.6 Å². The third kappa shape index (κ3) is 1.97. The Hall–Kier alpha value is -0.600. The minimum Gasteiger partial charge on any atom is -0.330 e. The highest BCUT2D eigenvalue weighted by Gasteiger charge is 1.92. The molecule has 0 amide bonds. The maximum atomic E-state index is 5.62. The van der Waals surface area contributed by atoms with Gasteiger partial charge in [0.15, 0.2) is 0 Å². The van der Waals surface area contributed by atoms with Crippen LogP contribution in [0.15, 0.2) is 12.3 Å². The van der Waals surface area contributed by atoms with E-state index >= 15 is 0 Å². The van der Waals surface area contributed by atoms with Crippen LogP contribution in [0, 0.1) is 6.20 Å². The summed E-state index contributed by atoms with van der Waals surface area (Å²) in [6, 6.07) is 1.82. The van der Waals surface area contributed by atoms with Crippen LogP contribution in [-0.2, 0) is 6.42 Å². The Bertz CT molecular complexity index is 213. The topological polar surface area (TPSA) is 38.9 Å². The molecule has 3 heteroatoms. The van der Waals surface area contributed by atoms with E-state index in [1.54, 1.807) is 6.20 Å². The number of nitrogens with two attached hydrogens (primary N) is 1. The van der Waals surface area contributed by atoms with Crippen LogP contribution >= 0.6 is 11.6 Å². The van der Waals surface area contributed by atoms with Crippen molar-refractivity contribution in [1.29, 1.82) is 0 Å². The molecule has 53 valence electrons. The first kappa shape index (κ1) is 7.51. The molecule has 0 bridgehead atoms. The number of nitrogens with zero attached hydrogens (tertiary/aromatic N) is 1. The fraction of sp³-hybridized carbons (Fsp3) is 0.286. The zero-order valence-corrected chi connectivity index (χ0v) is 6.23. The van der Waals surface area contributed by atoms with Gasteiger partial charge in [0.2, 0.25) is 0 Å². The van der Waals surface area contributed by atoms with E-state index in [9.17, 15) is 0 Å². The summed E-state index contributed by atoms with van der Waals surface area (Å²) in [7, 11) is 0. The predicted molar refractivity (Wildman–Crippen MR) is 40.8 cm³/mol. The lowest BCUT2D eigenvalue weighted by atomic mass is 10.2. The van der Waals surface area contributed by atoms with Crippen molar-refractivity contribution in [3.05, 3.63) is 29.0 Å².